The Kier molecular flexibility index (Phi) is 3.86. The lowest BCUT2D eigenvalue weighted by Crippen LogP contribution is -2.11. The molecule has 4 rings (SSSR count). The van der Waals surface area contributed by atoms with Gasteiger partial charge in [0, 0.05) is 23.4 Å². The number of rotatable bonds is 4. The van der Waals surface area contributed by atoms with Crippen LogP contribution in [0.2, 0.25) is 0 Å². The molecule has 1 aromatic heterocycles. The van der Waals surface area contributed by atoms with E-state index in [9.17, 15) is 8.42 Å². The Morgan fingerprint density at radius 3 is 2.32 bits per heavy atom. The van der Waals surface area contributed by atoms with Crippen molar-refractivity contribution in [2.45, 2.75) is 23.2 Å². The number of primary sulfonamides is 1. The van der Waals surface area contributed by atoms with Crippen molar-refractivity contribution >= 4 is 10.0 Å². The van der Waals surface area contributed by atoms with E-state index in [0.29, 0.717) is 11.8 Å². The zero-order valence-electron chi connectivity index (χ0n) is 13.4. The van der Waals surface area contributed by atoms with Gasteiger partial charge >= 0.3 is 0 Å². The standard InChI is InChI=1S/C19H17N3O2S/c20-25(23,24)15-8-6-13(7-9-15)16-12-17(16)18-10-11-21-19(22-18)14-4-2-1-3-5-14/h1-11,16-17H,12H2,(H2,20,23,24). The Morgan fingerprint density at radius 1 is 0.920 bits per heavy atom. The molecule has 25 heavy (non-hydrogen) atoms. The molecule has 1 fully saturated rings. The normalized spacial score (nSPS) is 19.6. The molecule has 126 valence electrons. The molecule has 1 saturated carbocycles. The molecule has 0 amide bonds. The second-order valence-electron chi connectivity index (χ2n) is 6.23. The van der Waals surface area contributed by atoms with E-state index in [1.54, 1.807) is 18.3 Å². The lowest BCUT2D eigenvalue weighted by Gasteiger charge is -2.05. The lowest BCUT2D eigenvalue weighted by molar-refractivity contribution is 0.598. The van der Waals surface area contributed by atoms with Gasteiger partial charge in [-0.05, 0) is 36.1 Å². The van der Waals surface area contributed by atoms with Gasteiger partial charge in [-0.25, -0.2) is 23.5 Å². The number of hydrogen-bond acceptors (Lipinski definition) is 4. The first-order valence-electron chi connectivity index (χ1n) is 8.03. The van der Waals surface area contributed by atoms with Crippen LogP contribution in [0.5, 0.6) is 0 Å². The van der Waals surface area contributed by atoms with Crippen LogP contribution in [-0.2, 0) is 10.0 Å². The van der Waals surface area contributed by atoms with E-state index in [2.05, 4.69) is 4.98 Å². The van der Waals surface area contributed by atoms with Gasteiger partial charge in [-0.3, -0.25) is 0 Å². The van der Waals surface area contributed by atoms with E-state index in [1.165, 1.54) is 0 Å². The second-order valence-corrected chi connectivity index (χ2v) is 7.80. The highest BCUT2D eigenvalue weighted by atomic mass is 32.2. The van der Waals surface area contributed by atoms with Crippen molar-refractivity contribution in [3.63, 3.8) is 0 Å². The number of nitrogens with two attached hydrogens (primary N) is 1. The summed E-state index contributed by atoms with van der Waals surface area (Å²) in [6.07, 6.45) is 2.80. The van der Waals surface area contributed by atoms with Crippen LogP contribution in [0.4, 0.5) is 0 Å². The van der Waals surface area contributed by atoms with Gasteiger partial charge in [0.15, 0.2) is 5.82 Å². The zero-order chi connectivity index (χ0) is 17.4. The van der Waals surface area contributed by atoms with E-state index in [4.69, 9.17) is 10.1 Å². The summed E-state index contributed by atoms with van der Waals surface area (Å²) in [5.41, 5.74) is 3.13. The van der Waals surface area contributed by atoms with Crippen LogP contribution in [0, 0.1) is 0 Å². The summed E-state index contributed by atoms with van der Waals surface area (Å²) in [4.78, 5) is 9.22. The van der Waals surface area contributed by atoms with Crippen LogP contribution in [-0.4, -0.2) is 18.4 Å². The molecular weight excluding hydrogens is 334 g/mol. The summed E-state index contributed by atoms with van der Waals surface area (Å²) in [7, 11) is -3.65. The van der Waals surface area contributed by atoms with E-state index < -0.39 is 10.0 Å². The minimum Gasteiger partial charge on any atom is -0.237 e. The van der Waals surface area contributed by atoms with E-state index in [0.717, 1.165) is 29.1 Å². The highest BCUT2D eigenvalue weighted by molar-refractivity contribution is 7.89. The molecule has 1 aliphatic rings. The maximum atomic E-state index is 11.3. The molecule has 5 nitrogen and oxygen atoms in total. The first kappa shape index (κ1) is 15.9. The van der Waals surface area contributed by atoms with E-state index >= 15 is 0 Å². The minimum absolute atomic E-state index is 0.141. The van der Waals surface area contributed by atoms with Gasteiger partial charge < -0.3 is 0 Å². The third-order valence-electron chi connectivity index (χ3n) is 4.52. The SMILES string of the molecule is NS(=O)(=O)c1ccc(C2CC2c2ccnc(-c3ccccc3)n2)cc1. The van der Waals surface area contributed by atoms with E-state index in [-0.39, 0.29) is 4.90 Å². The van der Waals surface area contributed by atoms with Crippen molar-refractivity contribution in [2.24, 2.45) is 5.14 Å². The smallest absolute Gasteiger partial charge is 0.237 e. The van der Waals surface area contributed by atoms with Gasteiger partial charge in [-0.15, -0.1) is 0 Å². The molecule has 0 bridgehead atoms. The van der Waals surface area contributed by atoms with Crippen LogP contribution >= 0.6 is 0 Å². The van der Waals surface area contributed by atoms with Crippen molar-refractivity contribution in [3.8, 4) is 11.4 Å². The molecule has 2 N–H and O–H groups in total. The average Bonchev–Trinajstić information content (AvgIpc) is 3.43. The van der Waals surface area contributed by atoms with Gasteiger partial charge in [0.1, 0.15) is 0 Å². The third kappa shape index (κ3) is 3.31. The Hall–Kier alpha value is -2.57. The molecule has 6 heteroatoms. The Balaban J connectivity index is 1.56. The van der Waals surface area contributed by atoms with Crippen molar-refractivity contribution in [1.29, 1.82) is 0 Å². The number of benzene rings is 2. The van der Waals surface area contributed by atoms with Crippen LogP contribution in [0.1, 0.15) is 29.5 Å². The second kappa shape index (κ2) is 6.06. The molecule has 2 unspecified atom stereocenters. The molecule has 0 radical (unpaired) electrons. The van der Waals surface area contributed by atoms with Crippen LogP contribution in [0.25, 0.3) is 11.4 Å². The van der Waals surface area contributed by atoms with Crippen LogP contribution < -0.4 is 5.14 Å². The van der Waals surface area contributed by atoms with Crippen LogP contribution in [0.3, 0.4) is 0 Å². The Bertz CT molecular complexity index is 1000. The van der Waals surface area contributed by atoms with Crippen molar-refractivity contribution < 1.29 is 8.42 Å². The van der Waals surface area contributed by atoms with E-state index in [1.807, 2.05) is 48.5 Å². The molecule has 1 heterocycles. The van der Waals surface area contributed by atoms with Gasteiger partial charge in [-0.2, -0.15) is 0 Å². The predicted molar refractivity (Wildman–Crippen MR) is 95.4 cm³/mol. The third-order valence-corrected chi connectivity index (χ3v) is 5.45. The summed E-state index contributed by atoms with van der Waals surface area (Å²) in [6, 6.07) is 18.7. The highest BCUT2D eigenvalue weighted by Gasteiger charge is 2.40. The quantitative estimate of drug-likeness (QED) is 0.783. The summed E-state index contributed by atoms with van der Waals surface area (Å²) in [5, 5.41) is 5.14. The summed E-state index contributed by atoms with van der Waals surface area (Å²) >= 11 is 0. The van der Waals surface area contributed by atoms with Gasteiger partial charge in [0.2, 0.25) is 10.0 Å². The molecule has 3 aromatic rings. The molecular formula is C19H17N3O2S. The number of sulfonamides is 1. The molecule has 2 aromatic carbocycles. The molecule has 0 saturated heterocycles. The largest absolute Gasteiger partial charge is 0.238 e. The number of nitrogens with zero attached hydrogens (tertiary/aromatic N) is 2. The topological polar surface area (TPSA) is 85.9 Å². The van der Waals surface area contributed by atoms with Gasteiger partial charge in [0.05, 0.1) is 4.90 Å². The maximum absolute atomic E-state index is 11.3. The molecule has 1 aliphatic carbocycles. The molecule has 0 aliphatic heterocycles. The fourth-order valence-corrected chi connectivity index (χ4v) is 3.62. The summed E-state index contributed by atoms with van der Waals surface area (Å²) in [5.74, 6) is 1.42. The lowest BCUT2D eigenvalue weighted by atomic mass is 10.1. The number of hydrogen-bond donors (Lipinski definition) is 1. The zero-order valence-corrected chi connectivity index (χ0v) is 14.2. The van der Waals surface area contributed by atoms with Crippen molar-refractivity contribution in [3.05, 3.63) is 78.1 Å². The highest BCUT2D eigenvalue weighted by Crippen LogP contribution is 2.54. The maximum Gasteiger partial charge on any atom is 0.238 e. The first-order valence-corrected chi connectivity index (χ1v) is 9.58. The van der Waals surface area contributed by atoms with Gasteiger partial charge in [-0.1, -0.05) is 42.5 Å². The van der Waals surface area contributed by atoms with Gasteiger partial charge in [0.25, 0.3) is 0 Å². The molecule has 2 atom stereocenters. The predicted octanol–water partition coefficient (Wildman–Crippen LogP) is 3.06. The molecule has 0 spiro atoms. The van der Waals surface area contributed by atoms with Crippen LogP contribution in [0.15, 0.2) is 71.8 Å². The van der Waals surface area contributed by atoms with Crippen molar-refractivity contribution in [1.82, 2.24) is 9.97 Å². The Morgan fingerprint density at radius 2 is 1.64 bits per heavy atom. The van der Waals surface area contributed by atoms with Crippen molar-refractivity contribution in [2.75, 3.05) is 0 Å². The average molecular weight is 351 g/mol. The first-order chi connectivity index (χ1) is 12.0. The summed E-state index contributed by atoms with van der Waals surface area (Å²) in [6.45, 7) is 0. The minimum atomic E-state index is -3.65. The monoisotopic (exact) mass is 351 g/mol. The fourth-order valence-electron chi connectivity index (χ4n) is 3.10. The Labute approximate surface area is 146 Å². The fraction of sp³-hybridized carbons (Fsp3) is 0.158. The summed E-state index contributed by atoms with van der Waals surface area (Å²) < 4.78 is 22.7. The number of aromatic nitrogens is 2.